The highest BCUT2D eigenvalue weighted by atomic mass is 16.5. The monoisotopic (exact) mass is 585 g/mol. The van der Waals surface area contributed by atoms with Crippen molar-refractivity contribution < 1.29 is 28.7 Å². The SMILES string of the molecule is CCC(=O)N(c1cccc(NC(C)=O)c1)C1(C(=O)OC)CCN(CC(C(=O)OCc2ccccc2)c2ccccc2)CC1. The Bertz CT molecular complexity index is 1400. The van der Waals surface area contributed by atoms with Gasteiger partial charge in [-0.1, -0.05) is 73.7 Å². The smallest absolute Gasteiger partial charge is 0.332 e. The van der Waals surface area contributed by atoms with Crippen molar-refractivity contribution >= 4 is 35.1 Å². The maximum absolute atomic E-state index is 13.5. The molecule has 1 N–H and O–H groups in total. The van der Waals surface area contributed by atoms with Crippen molar-refractivity contribution in [3.05, 3.63) is 96.1 Å². The summed E-state index contributed by atoms with van der Waals surface area (Å²) >= 11 is 0. The van der Waals surface area contributed by atoms with E-state index in [0.29, 0.717) is 43.9 Å². The van der Waals surface area contributed by atoms with Crippen molar-refractivity contribution in [2.75, 3.05) is 37.0 Å². The lowest BCUT2D eigenvalue weighted by atomic mass is 9.84. The van der Waals surface area contributed by atoms with Crippen LogP contribution in [0.5, 0.6) is 0 Å². The molecule has 0 radical (unpaired) electrons. The zero-order chi connectivity index (χ0) is 30.8. The van der Waals surface area contributed by atoms with Crippen LogP contribution in [0.15, 0.2) is 84.9 Å². The molecular weight excluding hydrogens is 546 g/mol. The molecule has 1 aliphatic heterocycles. The van der Waals surface area contributed by atoms with Gasteiger partial charge in [-0.25, -0.2) is 4.79 Å². The first-order chi connectivity index (χ1) is 20.8. The average Bonchev–Trinajstić information content (AvgIpc) is 3.03. The topological polar surface area (TPSA) is 105 Å². The number of nitrogens with zero attached hydrogens (tertiary/aromatic N) is 2. The van der Waals surface area contributed by atoms with Crippen molar-refractivity contribution in [2.45, 2.75) is 51.2 Å². The normalized spacial score (nSPS) is 15.1. The lowest BCUT2D eigenvalue weighted by molar-refractivity contribution is -0.152. The van der Waals surface area contributed by atoms with E-state index in [9.17, 15) is 19.2 Å². The molecule has 1 fully saturated rings. The predicted molar refractivity (Wildman–Crippen MR) is 164 cm³/mol. The summed E-state index contributed by atoms with van der Waals surface area (Å²) in [5.41, 5.74) is 1.54. The third kappa shape index (κ3) is 7.67. The van der Waals surface area contributed by atoms with Gasteiger partial charge in [0.05, 0.1) is 13.0 Å². The summed E-state index contributed by atoms with van der Waals surface area (Å²) in [5.74, 6) is -1.82. The summed E-state index contributed by atoms with van der Waals surface area (Å²) in [6.07, 6.45) is 0.781. The Hall–Kier alpha value is -4.50. The van der Waals surface area contributed by atoms with Crippen LogP contribution in [-0.4, -0.2) is 60.9 Å². The number of hydrogen-bond donors (Lipinski definition) is 1. The van der Waals surface area contributed by atoms with Gasteiger partial charge in [-0.2, -0.15) is 0 Å². The van der Waals surface area contributed by atoms with Crippen LogP contribution in [0.25, 0.3) is 0 Å². The summed E-state index contributed by atoms with van der Waals surface area (Å²) in [5, 5.41) is 2.75. The fraction of sp³-hybridized carbons (Fsp3) is 0.353. The summed E-state index contributed by atoms with van der Waals surface area (Å²) < 4.78 is 11.0. The van der Waals surface area contributed by atoms with Gasteiger partial charge in [0.2, 0.25) is 11.8 Å². The number of nitrogens with one attached hydrogen (secondary N) is 1. The van der Waals surface area contributed by atoms with E-state index in [4.69, 9.17) is 9.47 Å². The number of carbonyl (C=O) groups excluding carboxylic acids is 4. The van der Waals surface area contributed by atoms with Crippen LogP contribution in [0.4, 0.5) is 11.4 Å². The minimum Gasteiger partial charge on any atom is -0.467 e. The third-order valence-electron chi connectivity index (χ3n) is 7.80. The van der Waals surface area contributed by atoms with E-state index in [0.717, 1.165) is 11.1 Å². The maximum atomic E-state index is 13.5. The van der Waals surface area contributed by atoms with Crippen molar-refractivity contribution in [3.63, 3.8) is 0 Å². The molecule has 226 valence electrons. The number of hydrogen-bond acceptors (Lipinski definition) is 7. The second-order valence-corrected chi connectivity index (χ2v) is 10.7. The summed E-state index contributed by atoms with van der Waals surface area (Å²) in [6, 6.07) is 26.0. The molecule has 0 aliphatic carbocycles. The minimum absolute atomic E-state index is 0.177. The Morgan fingerprint density at radius 3 is 2.19 bits per heavy atom. The number of rotatable bonds is 11. The number of likely N-dealkylation sites (tertiary alicyclic amines) is 1. The predicted octanol–water partition coefficient (Wildman–Crippen LogP) is 4.92. The lowest BCUT2D eigenvalue weighted by Gasteiger charge is -2.47. The molecule has 1 heterocycles. The fourth-order valence-electron chi connectivity index (χ4n) is 5.62. The Kier molecular flexibility index (Phi) is 10.7. The molecule has 1 unspecified atom stereocenters. The van der Waals surface area contributed by atoms with E-state index < -0.39 is 17.4 Å². The van der Waals surface area contributed by atoms with Crippen molar-refractivity contribution in [1.29, 1.82) is 0 Å². The largest absolute Gasteiger partial charge is 0.467 e. The van der Waals surface area contributed by atoms with Gasteiger partial charge < -0.3 is 19.7 Å². The number of carbonyl (C=O) groups is 4. The average molecular weight is 586 g/mol. The molecule has 1 atom stereocenters. The van der Waals surface area contributed by atoms with Gasteiger partial charge in [0.15, 0.2) is 0 Å². The molecule has 0 saturated carbocycles. The molecule has 3 aromatic carbocycles. The number of esters is 2. The highest BCUT2D eigenvalue weighted by Crippen LogP contribution is 2.37. The maximum Gasteiger partial charge on any atom is 0.332 e. The number of ether oxygens (including phenoxy) is 2. The van der Waals surface area contributed by atoms with E-state index in [1.54, 1.807) is 31.2 Å². The molecule has 43 heavy (non-hydrogen) atoms. The zero-order valence-corrected chi connectivity index (χ0v) is 25.0. The van der Waals surface area contributed by atoms with Gasteiger partial charge in [0.1, 0.15) is 12.1 Å². The lowest BCUT2D eigenvalue weighted by Crippen LogP contribution is -2.63. The van der Waals surface area contributed by atoms with Crippen LogP contribution in [0.1, 0.15) is 50.2 Å². The minimum atomic E-state index is -1.25. The van der Waals surface area contributed by atoms with Gasteiger partial charge in [-0.15, -0.1) is 0 Å². The quantitative estimate of drug-likeness (QED) is 0.319. The number of amides is 2. The van der Waals surface area contributed by atoms with E-state index >= 15 is 0 Å². The fourth-order valence-corrected chi connectivity index (χ4v) is 5.62. The van der Waals surface area contributed by atoms with E-state index in [-0.39, 0.29) is 30.8 Å². The molecule has 1 aliphatic rings. The first kappa shape index (κ1) is 31.4. The van der Waals surface area contributed by atoms with Gasteiger partial charge in [0, 0.05) is 44.4 Å². The van der Waals surface area contributed by atoms with Crippen molar-refractivity contribution in [3.8, 4) is 0 Å². The van der Waals surface area contributed by atoms with Gasteiger partial charge in [-0.05, 0) is 42.2 Å². The van der Waals surface area contributed by atoms with E-state index in [2.05, 4.69) is 10.2 Å². The molecular formula is C34H39N3O6. The number of benzene rings is 3. The molecule has 0 bridgehead atoms. The van der Waals surface area contributed by atoms with Gasteiger partial charge >= 0.3 is 11.9 Å². The molecule has 1 saturated heterocycles. The van der Waals surface area contributed by atoms with E-state index in [1.807, 2.05) is 60.7 Å². The standard InChI is InChI=1S/C34H39N3O6/c1-4-31(39)37(29-17-11-16-28(22-29)35-25(2)38)34(33(41)42-3)18-20-36(21-19-34)23-30(27-14-9-6-10-15-27)32(40)43-24-26-12-7-5-8-13-26/h5-17,22,30H,4,18-21,23-24H2,1-3H3,(H,35,38). The second kappa shape index (κ2) is 14.6. The molecule has 0 spiro atoms. The molecule has 2 amide bonds. The molecule has 4 rings (SSSR count). The molecule has 0 aromatic heterocycles. The van der Waals surface area contributed by atoms with Crippen LogP contribution in [0.2, 0.25) is 0 Å². The highest BCUT2D eigenvalue weighted by molar-refractivity contribution is 6.02. The number of methoxy groups -OCH3 is 1. The highest BCUT2D eigenvalue weighted by Gasteiger charge is 2.50. The second-order valence-electron chi connectivity index (χ2n) is 10.7. The van der Waals surface area contributed by atoms with Crippen LogP contribution in [0.3, 0.4) is 0 Å². The summed E-state index contributed by atoms with van der Waals surface area (Å²) in [7, 11) is 1.33. The van der Waals surface area contributed by atoms with Gasteiger partial charge in [-0.3, -0.25) is 19.3 Å². The molecule has 3 aromatic rings. The summed E-state index contributed by atoms with van der Waals surface area (Å²) in [4.78, 5) is 55.7. The third-order valence-corrected chi connectivity index (χ3v) is 7.80. The Balaban J connectivity index is 1.57. The molecule has 9 nitrogen and oxygen atoms in total. The molecule has 9 heteroatoms. The first-order valence-electron chi connectivity index (χ1n) is 14.5. The van der Waals surface area contributed by atoms with Crippen LogP contribution < -0.4 is 10.2 Å². The Morgan fingerprint density at radius 2 is 1.58 bits per heavy atom. The summed E-state index contributed by atoms with van der Waals surface area (Å²) in [6.45, 7) is 4.63. The zero-order valence-electron chi connectivity index (χ0n) is 25.0. The Morgan fingerprint density at radius 1 is 0.930 bits per heavy atom. The van der Waals surface area contributed by atoms with Crippen LogP contribution >= 0.6 is 0 Å². The van der Waals surface area contributed by atoms with E-state index in [1.165, 1.54) is 18.9 Å². The number of anilines is 2. The Labute approximate surface area is 252 Å². The van der Waals surface area contributed by atoms with Crippen LogP contribution in [-0.2, 0) is 35.3 Å². The van der Waals surface area contributed by atoms with Crippen molar-refractivity contribution in [2.24, 2.45) is 0 Å². The van der Waals surface area contributed by atoms with Crippen LogP contribution in [0, 0.1) is 0 Å². The van der Waals surface area contributed by atoms with Gasteiger partial charge in [0.25, 0.3) is 0 Å². The van der Waals surface area contributed by atoms with Crippen molar-refractivity contribution in [1.82, 2.24) is 4.90 Å². The first-order valence-corrected chi connectivity index (χ1v) is 14.5. The number of piperidine rings is 1.